The fourth-order valence-corrected chi connectivity index (χ4v) is 3.25. The first-order chi connectivity index (χ1) is 13.2. The van der Waals surface area contributed by atoms with E-state index in [4.69, 9.17) is 11.6 Å². The SMILES string of the molecule is CC[C@H](C(=O)NC(C)(C)C)N(Cc1ccccc1Cl)C(=O)Cc1ccccc1. The van der Waals surface area contributed by atoms with Crippen molar-refractivity contribution >= 4 is 23.4 Å². The molecule has 28 heavy (non-hydrogen) atoms. The van der Waals surface area contributed by atoms with E-state index in [0.717, 1.165) is 11.1 Å². The Morgan fingerprint density at radius 3 is 2.21 bits per heavy atom. The zero-order chi connectivity index (χ0) is 20.7. The van der Waals surface area contributed by atoms with Gasteiger partial charge in [-0.05, 0) is 44.4 Å². The molecule has 0 aromatic heterocycles. The first kappa shape index (κ1) is 22.0. The molecule has 1 N–H and O–H groups in total. The molecule has 2 rings (SSSR count). The van der Waals surface area contributed by atoms with Gasteiger partial charge in [0.25, 0.3) is 0 Å². The van der Waals surface area contributed by atoms with E-state index in [1.165, 1.54) is 0 Å². The summed E-state index contributed by atoms with van der Waals surface area (Å²) in [6.07, 6.45) is 0.761. The number of hydrogen-bond donors (Lipinski definition) is 1. The molecule has 0 heterocycles. The van der Waals surface area contributed by atoms with Crippen LogP contribution in [0.15, 0.2) is 54.6 Å². The third kappa shape index (κ3) is 6.38. The lowest BCUT2D eigenvalue weighted by atomic mass is 10.0. The second-order valence-electron chi connectivity index (χ2n) is 7.94. The molecule has 5 heteroatoms. The van der Waals surface area contributed by atoms with Crippen molar-refractivity contribution in [1.29, 1.82) is 0 Å². The predicted octanol–water partition coefficient (Wildman–Crippen LogP) is 4.60. The minimum absolute atomic E-state index is 0.0953. The number of halogens is 1. The van der Waals surface area contributed by atoms with Crippen molar-refractivity contribution < 1.29 is 9.59 Å². The zero-order valence-corrected chi connectivity index (χ0v) is 17.8. The summed E-state index contributed by atoms with van der Waals surface area (Å²) in [5, 5.41) is 3.59. The van der Waals surface area contributed by atoms with E-state index >= 15 is 0 Å². The molecule has 2 aromatic rings. The van der Waals surface area contributed by atoms with Crippen LogP contribution in [-0.2, 0) is 22.6 Å². The highest BCUT2D eigenvalue weighted by Crippen LogP contribution is 2.21. The molecule has 0 saturated carbocycles. The average Bonchev–Trinajstić information content (AvgIpc) is 2.62. The Hall–Kier alpha value is -2.33. The minimum atomic E-state index is -0.563. The zero-order valence-electron chi connectivity index (χ0n) is 17.0. The first-order valence-electron chi connectivity index (χ1n) is 9.60. The Morgan fingerprint density at radius 1 is 1.04 bits per heavy atom. The van der Waals surface area contributed by atoms with E-state index in [9.17, 15) is 9.59 Å². The van der Waals surface area contributed by atoms with Gasteiger partial charge in [0.2, 0.25) is 11.8 Å². The van der Waals surface area contributed by atoms with Gasteiger partial charge >= 0.3 is 0 Å². The van der Waals surface area contributed by atoms with Crippen molar-refractivity contribution in [2.75, 3.05) is 0 Å². The molecule has 0 spiro atoms. The second-order valence-corrected chi connectivity index (χ2v) is 8.35. The Labute approximate surface area is 172 Å². The van der Waals surface area contributed by atoms with Crippen molar-refractivity contribution in [3.05, 3.63) is 70.7 Å². The lowest BCUT2D eigenvalue weighted by molar-refractivity contribution is -0.141. The third-order valence-corrected chi connectivity index (χ3v) is 4.75. The molecular weight excluding hydrogens is 372 g/mol. The summed E-state index contributed by atoms with van der Waals surface area (Å²) in [5.41, 5.74) is 1.37. The van der Waals surface area contributed by atoms with Crippen molar-refractivity contribution in [2.24, 2.45) is 0 Å². The fraction of sp³-hybridized carbons (Fsp3) is 0.391. The molecule has 0 aliphatic rings. The number of hydrogen-bond acceptors (Lipinski definition) is 2. The van der Waals surface area contributed by atoms with Gasteiger partial charge in [0.05, 0.1) is 6.42 Å². The van der Waals surface area contributed by atoms with Gasteiger partial charge in [0, 0.05) is 17.1 Å². The average molecular weight is 401 g/mol. The molecule has 0 unspecified atom stereocenters. The first-order valence-corrected chi connectivity index (χ1v) is 9.98. The summed E-state index contributed by atoms with van der Waals surface area (Å²) < 4.78 is 0. The molecule has 1 atom stereocenters. The van der Waals surface area contributed by atoms with Gasteiger partial charge in [0.1, 0.15) is 6.04 Å². The van der Waals surface area contributed by atoms with Gasteiger partial charge in [0.15, 0.2) is 0 Å². The van der Waals surface area contributed by atoms with Crippen molar-refractivity contribution in [2.45, 2.75) is 58.7 Å². The van der Waals surface area contributed by atoms with Gasteiger partial charge in [-0.15, -0.1) is 0 Å². The Bertz CT molecular complexity index is 800. The summed E-state index contributed by atoms with van der Waals surface area (Å²) in [7, 11) is 0. The summed E-state index contributed by atoms with van der Waals surface area (Å²) >= 11 is 6.33. The van der Waals surface area contributed by atoms with E-state index in [0.29, 0.717) is 18.0 Å². The summed E-state index contributed by atoms with van der Waals surface area (Å²) in [6.45, 7) is 8.01. The summed E-state index contributed by atoms with van der Waals surface area (Å²) in [5.74, 6) is -0.245. The molecule has 4 nitrogen and oxygen atoms in total. The number of carbonyl (C=O) groups is 2. The van der Waals surface area contributed by atoms with Crippen LogP contribution >= 0.6 is 11.6 Å². The van der Waals surface area contributed by atoms with Crippen LogP contribution in [0.3, 0.4) is 0 Å². The van der Waals surface area contributed by atoms with Crippen LogP contribution in [0.1, 0.15) is 45.2 Å². The molecule has 150 valence electrons. The number of amides is 2. The number of carbonyl (C=O) groups excluding carboxylic acids is 2. The van der Waals surface area contributed by atoms with Crippen LogP contribution in [0, 0.1) is 0 Å². The largest absolute Gasteiger partial charge is 0.350 e. The molecule has 2 amide bonds. The third-order valence-electron chi connectivity index (χ3n) is 4.38. The van der Waals surface area contributed by atoms with Crippen molar-refractivity contribution in [3.8, 4) is 0 Å². The normalized spacial score (nSPS) is 12.3. The number of nitrogens with zero attached hydrogens (tertiary/aromatic N) is 1. The molecule has 0 radical (unpaired) electrons. The number of rotatable bonds is 7. The van der Waals surface area contributed by atoms with Gasteiger partial charge in [-0.25, -0.2) is 0 Å². The van der Waals surface area contributed by atoms with E-state index in [-0.39, 0.29) is 23.8 Å². The lowest BCUT2D eigenvalue weighted by Crippen LogP contribution is -2.53. The van der Waals surface area contributed by atoms with E-state index in [1.54, 1.807) is 11.0 Å². The van der Waals surface area contributed by atoms with Crippen LogP contribution < -0.4 is 5.32 Å². The van der Waals surface area contributed by atoms with Crippen LogP contribution in [0.25, 0.3) is 0 Å². The molecule has 0 bridgehead atoms. The Morgan fingerprint density at radius 2 is 1.64 bits per heavy atom. The van der Waals surface area contributed by atoms with Crippen LogP contribution in [-0.4, -0.2) is 28.3 Å². The highest BCUT2D eigenvalue weighted by Gasteiger charge is 2.30. The smallest absolute Gasteiger partial charge is 0.243 e. The van der Waals surface area contributed by atoms with Crippen molar-refractivity contribution in [3.63, 3.8) is 0 Å². The van der Waals surface area contributed by atoms with Gasteiger partial charge in [-0.3, -0.25) is 9.59 Å². The number of nitrogens with one attached hydrogen (secondary N) is 1. The maximum absolute atomic E-state index is 13.2. The topological polar surface area (TPSA) is 49.4 Å². The standard InChI is InChI=1S/C23H29ClN2O2/c1-5-20(22(28)25-23(2,3)4)26(16-18-13-9-10-14-19(18)24)21(27)15-17-11-7-6-8-12-17/h6-14,20H,5,15-16H2,1-4H3,(H,25,28)/t20-/m1/s1. The summed E-state index contributed by atoms with van der Waals surface area (Å²) in [6, 6.07) is 16.4. The van der Waals surface area contributed by atoms with Crippen LogP contribution in [0.2, 0.25) is 5.02 Å². The van der Waals surface area contributed by atoms with E-state index < -0.39 is 6.04 Å². The van der Waals surface area contributed by atoms with Crippen molar-refractivity contribution in [1.82, 2.24) is 10.2 Å². The van der Waals surface area contributed by atoms with Crippen LogP contribution in [0.5, 0.6) is 0 Å². The molecule has 0 aliphatic carbocycles. The molecular formula is C23H29ClN2O2. The Balaban J connectivity index is 2.32. The molecule has 0 fully saturated rings. The van der Waals surface area contributed by atoms with Gasteiger partial charge < -0.3 is 10.2 Å². The maximum Gasteiger partial charge on any atom is 0.243 e. The maximum atomic E-state index is 13.2. The van der Waals surface area contributed by atoms with Gasteiger partial charge in [-0.1, -0.05) is 67.1 Å². The lowest BCUT2D eigenvalue weighted by Gasteiger charge is -2.33. The van der Waals surface area contributed by atoms with E-state index in [2.05, 4.69) is 5.32 Å². The quantitative estimate of drug-likeness (QED) is 0.738. The minimum Gasteiger partial charge on any atom is -0.350 e. The number of benzene rings is 2. The molecule has 0 saturated heterocycles. The highest BCUT2D eigenvalue weighted by molar-refractivity contribution is 6.31. The van der Waals surface area contributed by atoms with Crippen LogP contribution in [0.4, 0.5) is 0 Å². The van der Waals surface area contributed by atoms with Gasteiger partial charge in [-0.2, -0.15) is 0 Å². The van der Waals surface area contributed by atoms with E-state index in [1.807, 2.05) is 76.2 Å². The highest BCUT2D eigenvalue weighted by atomic mass is 35.5. The summed E-state index contributed by atoms with van der Waals surface area (Å²) in [4.78, 5) is 27.8. The second kappa shape index (κ2) is 9.74. The Kier molecular flexibility index (Phi) is 7.64. The molecule has 0 aliphatic heterocycles. The predicted molar refractivity (Wildman–Crippen MR) is 114 cm³/mol. The fourth-order valence-electron chi connectivity index (χ4n) is 3.05. The monoisotopic (exact) mass is 400 g/mol. The molecule has 2 aromatic carbocycles.